The molecule has 6 atom stereocenters. The van der Waals surface area contributed by atoms with E-state index in [1.54, 1.807) is 0 Å². The molecule has 0 radical (unpaired) electrons. The maximum atomic E-state index is 12.9. The van der Waals surface area contributed by atoms with Crippen molar-refractivity contribution < 1.29 is 14.5 Å². The number of nitrogens with one attached hydrogen (secondary N) is 1. The van der Waals surface area contributed by atoms with Crippen LogP contribution in [0.3, 0.4) is 0 Å². The van der Waals surface area contributed by atoms with E-state index in [4.69, 9.17) is 4.74 Å². The highest BCUT2D eigenvalue weighted by Gasteiger charge is 2.88. The van der Waals surface area contributed by atoms with E-state index < -0.39 is 23.0 Å². The average Bonchev–Trinajstić information content (AvgIpc) is 2.99. The zero-order chi connectivity index (χ0) is 17.8. The zero-order valence-electron chi connectivity index (χ0n) is 15.3. The summed E-state index contributed by atoms with van der Waals surface area (Å²) in [6.07, 6.45) is 6.19. The van der Waals surface area contributed by atoms with E-state index in [-0.39, 0.29) is 33.7 Å². The molecule has 25 heavy (non-hydrogen) atoms. The third kappa shape index (κ3) is 1.41. The van der Waals surface area contributed by atoms with Gasteiger partial charge in [-0.3, -0.25) is 20.2 Å². The second kappa shape index (κ2) is 4.38. The van der Waals surface area contributed by atoms with E-state index in [1.165, 1.54) is 0 Å². The Morgan fingerprint density at radius 2 is 1.84 bits per heavy atom. The lowest BCUT2D eigenvalue weighted by Gasteiger charge is -2.50. The Hall–Kier alpha value is -1.17. The van der Waals surface area contributed by atoms with Crippen molar-refractivity contribution in [3.63, 3.8) is 0 Å². The van der Waals surface area contributed by atoms with Crippen molar-refractivity contribution in [2.45, 2.75) is 89.4 Å². The topological polar surface area (TPSA) is 81.5 Å². The minimum absolute atomic E-state index is 0.0463. The smallest absolute Gasteiger partial charge is 0.324 e. The molecule has 0 unspecified atom stereocenters. The number of carbonyl (C=O) groups excluding carboxylic acids is 1. The predicted molar refractivity (Wildman–Crippen MR) is 90.4 cm³/mol. The number of fused-ring (bicyclic) bond motifs is 5. The molecule has 2 heterocycles. The van der Waals surface area contributed by atoms with Gasteiger partial charge >= 0.3 is 5.97 Å². The first kappa shape index (κ1) is 16.0. The summed E-state index contributed by atoms with van der Waals surface area (Å²) in [6, 6.07) is -1.23. The molecule has 6 nitrogen and oxygen atoms in total. The average molecular weight is 348 g/mol. The Morgan fingerprint density at radius 1 is 1.16 bits per heavy atom. The first-order chi connectivity index (χ1) is 11.7. The lowest BCUT2D eigenvalue weighted by atomic mass is 9.56. The van der Waals surface area contributed by atoms with Crippen LogP contribution in [0, 0.1) is 32.3 Å². The van der Waals surface area contributed by atoms with Gasteiger partial charge in [0.1, 0.15) is 17.7 Å². The first-order valence-electron chi connectivity index (χ1n) is 9.84. The van der Waals surface area contributed by atoms with Crippen molar-refractivity contribution in [1.82, 2.24) is 5.32 Å². The molecule has 0 aromatic heterocycles. The molecule has 2 spiro atoms. The SMILES string of the molecule is CC1(C)[C@@H]2CC[C@@]1(C)[C@]13N[C@H](C(=O)O[C@H]21)C1(CCCCC1)[C@@H]3[N+](=O)[O-]. The van der Waals surface area contributed by atoms with Gasteiger partial charge in [0.15, 0.2) is 0 Å². The fourth-order valence-corrected chi connectivity index (χ4v) is 8.02. The molecule has 6 heteroatoms. The molecule has 5 fully saturated rings. The van der Waals surface area contributed by atoms with Crippen molar-refractivity contribution in [3.8, 4) is 0 Å². The van der Waals surface area contributed by atoms with Gasteiger partial charge in [-0.25, -0.2) is 0 Å². The quantitative estimate of drug-likeness (QED) is 0.448. The monoisotopic (exact) mass is 348 g/mol. The minimum Gasteiger partial charge on any atom is -0.459 e. The van der Waals surface area contributed by atoms with Gasteiger partial charge in [0, 0.05) is 16.3 Å². The molecule has 3 saturated carbocycles. The summed E-state index contributed by atoms with van der Waals surface area (Å²) in [4.78, 5) is 25.4. The van der Waals surface area contributed by atoms with Crippen LogP contribution in [0.5, 0.6) is 0 Å². The van der Waals surface area contributed by atoms with Gasteiger partial charge in [0.05, 0.1) is 5.41 Å². The number of hydrogen-bond donors (Lipinski definition) is 1. The van der Waals surface area contributed by atoms with Gasteiger partial charge < -0.3 is 4.74 Å². The molecule has 1 N–H and O–H groups in total. The summed E-state index contributed by atoms with van der Waals surface area (Å²) >= 11 is 0. The third-order valence-corrected chi connectivity index (χ3v) is 9.44. The highest BCUT2D eigenvalue weighted by Crippen LogP contribution is 2.75. The van der Waals surface area contributed by atoms with Crippen LogP contribution in [0.25, 0.3) is 0 Å². The summed E-state index contributed by atoms with van der Waals surface area (Å²) in [5.74, 6) is -0.0325. The Balaban J connectivity index is 1.76. The summed E-state index contributed by atoms with van der Waals surface area (Å²) in [7, 11) is 0. The van der Waals surface area contributed by atoms with E-state index in [2.05, 4.69) is 26.1 Å². The molecule has 0 aromatic carbocycles. The van der Waals surface area contributed by atoms with Gasteiger partial charge in [-0.15, -0.1) is 0 Å². The van der Waals surface area contributed by atoms with Crippen molar-refractivity contribution in [2.24, 2.45) is 22.2 Å². The van der Waals surface area contributed by atoms with E-state index >= 15 is 0 Å². The van der Waals surface area contributed by atoms with Crippen LogP contribution in [-0.2, 0) is 9.53 Å². The van der Waals surface area contributed by atoms with Gasteiger partial charge in [-0.2, -0.15) is 0 Å². The zero-order valence-corrected chi connectivity index (χ0v) is 15.3. The van der Waals surface area contributed by atoms with E-state index in [9.17, 15) is 14.9 Å². The number of carbonyl (C=O) groups is 1. The molecular formula is C19H28N2O4. The Labute approximate surface area is 148 Å². The first-order valence-corrected chi connectivity index (χ1v) is 9.84. The van der Waals surface area contributed by atoms with Crippen LogP contribution >= 0.6 is 0 Å². The predicted octanol–water partition coefficient (Wildman–Crippen LogP) is 2.67. The Bertz CT molecular complexity index is 670. The molecule has 0 amide bonds. The largest absolute Gasteiger partial charge is 0.459 e. The van der Waals surface area contributed by atoms with Gasteiger partial charge in [-0.05, 0) is 31.1 Å². The van der Waals surface area contributed by atoms with Crippen LogP contribution in [0.15, 0.2) is 0 Å². The standard InChI is InChI=1S/C19H28N2O4/c1-16(2)11-7-10-17(16,3)19-13(11)25-14(22)12(20-19)18(15(19)21(23)24)8-5-4-6-9-18/h11-13,15,20H,4-10H2,1-3H3/t11-,12-,13-,15+,17-,19+/m1/s1. The van der Waals surface area contributed by atoms with Crippen LogP contribution in [0.1, 0.15) is 65.7 Å². The van der Waals surface area contributed by atoms with E-state index in [0.29, 0.717) is 0 Å². The molecule has 2 aliphatic heterocycles. The molecule has 5 rings (SSSR count). The Morgan fingerprint density at radius 3 is 2.48 bits per heavy atom. The summed E-state index contributed by atoms with van der Waals surface area (Å²) in [5.41, 5.74) is -1.59. The third-order valence-electron chi connectivity index (χ3n) is 9.44. The van der Waals surface area contributed by atoms with Gasteiger partial charge in [-0.1, -0.05) is 40.0 Å². The molecule has 3 aliphatic carbocycles. The van der Waals surface area contributed by atoms with Crippen LogP contribution in [0.2, 0.25) is 0 Å². The maximum absolute atomic E-state index is 12.9. The van der Waals surface area contributed by atoms with Crippen molar-refractivity contribution in [2.75, 3.05) is 0 Å². The second-order valence-corrected chi connectivity index (χ2v) is 9.98. The molecular weight excluding hydrogens is 320 g/mol. The van der Waals surface area contributed by atoms with Crippen molar-refractivity contribution >= 4 is 5.97 Å². The normalized spacial score (nSPS) is 51.4. The van der Waals surface area contributed by atoms with Crippen LogP contribution in [-0.4, -0.2) is 34.6 Å². The van der Waals surface area contributed by atoms with Crippen LogP contribution < -0.4 is 5.32 Å². The molecule has 5 aliphatic rings. The number of hydrogen-bond acceptors (Lipinski definition) is 5. The number of ether oxygens (including phenoxy) is 1. The summed E-state index contributed by atoms with van der Waals surface area (Å²) in [5, 5.41) is 16.1. The van der Waals surface area contributed by atoms with Crippen molar-refractivity contribution in [1.29, 1.82) is 0 Å². The molecule has 2 saturated heterocycles. The van der Waals surface area contributed by atoms with Gasteiger partial charge in [0.2, 0.25) is 6.04 Å². The van der Waals surface area contributed by atoms with Crippen molar-refractivity contribution in [3.05, 3.63) is 10.1 Å². The fraction of sp³-hybridized carbons (Fsp3) is 0.947. The van der Waals surface area contributed by atoms with Crippen LogP contribution in [0.4, 0.5) is 0 Å². The molecule has 138 valence electrons. The maximum Gasteiger partial charge on any atom is 0.324 e. The van der Waals surface area contributed by atoms with E-state index in [0.717, 1.165) is 44.9 Å². The number of nitrogens with zero attached hydrogens (tertiary/aromatic N) is 1. The highest BCUT2D eigenvalue weighted by atomic mass is 16.6. The Kier molecular flexibility index (Phi) is 2.81. The fourth-order valence-electron chi connectivity index (χ4n) is 8.02. The summed E-state index contributed by atoms with van der Waals surface area (Å²) < 4.78 is 6.02. The lowest BCUT2D eigenvalue weighted by molar-refractivity contribution is -0.555. The highest BCUT2D eigenvalue weighted by molar-refractivity contribution is 5.80. The number of rotatable bonds is 1. The molecule has 4 bridgehead atoms. The second-order valence-electron chi connectivity index (χ2n) is 9.98. The summed E-state index contributed by atoms with van der Waals surface area (Å²) in [6.45, 7) is 6.67. The van der Waals surface area contributed by atoms with E-state index in [1.807, 2.05) is 0 Å². The van der Waals surface area contributed by atoms with Gasteiger partial charge in [0.25, 0.3) is 0 Å². The minimum atomic E-state index is -0.726. The molecule has 0 aromatic rings. The number of esters is 1. The lowest BCUT2D eigenvalue weighted by Crippen LogP contribution is -2.71. The number of nitro groups is 1. The number of morpholine rings is 1.